The maximum atomic E-state index is 12.7. The van der Waals surface area contributed by atoms with Crippen LogP contribution < -0.4 is 14.2 Å². The molecule has 0 saturated carbocycles. The predicted molar refractivity (Wildman–Crippen MR) is 110 cm³/mol. The van der Waals surface area contributed by atoms with Crippen molar-refractivity contribution in [2.24, 2.45) is 0 Å². The highest BCUT2D eigenvalue weighted by Gasteiger charge is 2.36. The predicted octanol–water partition coefficient (Wildman–Crippen LogP) is 3.63. The first-order valence-corrected chi connectivity index (χ1v) is 9.43. The van der Waals surface area contributed by atoms with Crippen LogP contribution in [0.25, 0.3) is 6.08 Å². The van der Waals surface area contributed by atoms with Gasteiger partial charge in [-0.25, -0.2) is 0 Å². The smallest absolute Gasteiger partial charge is 0.293 e. The molecule has 2 aromatic carbocycles. The van der Waals surface area contributed by atoms with E-state index in [2.05, 4.69) is 0 Å². The molecule has 2 aromatic rings. The first-order valence-electron chi connectivity index (χ1n) is 8.62. The Kier molecular flexibility index (Phi) is 6.23. The molecule has 1 fully saturated rings. The monoisotopic (exact) mass is 413 g/mol. The topological polar surface area (TPSA) is 82.1 Å². The Morgan fingerprint density at radius 3 is 2.21 bits per heavy atom. The van der Waals surface area contributed by atoms with Gasteiger partial charge in [-0.15, -0.1) is 0 Å². The van der Waals surface area contributed by atoms with Gasteiger partial charge < -0.3 is 14.2 Å². The van der Waals surface area contributed by atoms with Crippen molar-refractivity contribution in [1.82, 2.24) is 4.90 Å². The lowest BCUT2D eigenvalue weighted by Gasteiger charge is -2.13. The minimum atomic E-state index is -0.527. The molecular formula is C21H19NO6S. The summed E-state index contributed by atoms with van der Waals surface area (Å²) in [6, 6.07) is 11.8. The van der Waals surface area contributed by atoms with Crippen molar-refractivity contribution in [3.63, 3.8) is 0 Å². The van der Waals surface area contributed by atoms with Crippen molar-refractivity contribution in [1.29, 1.82) is 0 Å². The number of carbonyl (C=O) groups is 3. The van der Waals surface area contributed by atoms with E-state index in [1.807, 2.05) is 0 Å². The van der Waals surface area contributed by atoms with Crippen molar-refractivity contribution >= 4 is 34.8 Å². The minimum absolute atomic E-state index is 0.196. The third kappa shape index (κ3) is 4.27. The Morgan fingerprint density at radius 1 is 0.966 bits per heavy atom. The molecule has 1 aliphatic heterocycles. The van der Waals surface area contributed by atoms with Gasteiger partial charge in [-0.3, -0.25) is 19.3 Å². The molecular weight excluding hydrogens is 394 g/mol. The first-order chi connectivity index (χ1) is 14.0. The molecule has 1 heterocycles. The van der Waals surface area contributed by atoms with Crippen molar-refractivity contribution in [3.8, 4) is 17.2 Å². The molecule has 0 bridgehead atoms. The molecule has 0 N–H and O–H groups in total. The number of carbonyl (C=O) groups excluding carboxylic acids is 3. The molecule has 7 nitrogen and oxygen atoms in total. The van der Waals surface area contributed by atoms with Crippen molar-refractivity contribution in [2.45, 2.75) is 0 Å². The number of rotatable bonds is 7. The number of Topliss-reactive ketones (excluding diaryl/α,β-unsaturated/α-hetero) is 1. The summed E-state index contributed by atoms with van der Waals surface area (Å²) >= 11 is 0.775. The molecule has 0 radical (unpaired) electrons. The highest BCUT2D eigenvalue weighted by Crippen LogP contribution is 2.38. The summed E-state index contributed by atoms with van der Waals surface area (Å²) in [5.74, 6) is 0.551. The SMILES string of the molecule is COc1cc(OC)c(OC)cc1/C=C1/SC(=O)N(CC(=O)c2ccccc2)C1=O. The number of thioether (sulfide) groups is 1. The molecule has 0 spiro atoms. The second kappa shape index (κ2) is 8.83. The molecule has 29 heavy (non-hydrogen) atoms. The van der Waals surface area contributed by atoms with E-state index in [4.69, 9.17) is 14.2 Å². The van der Waals surface area contributed by atoms with Gasteiger partial charge in [0.05, 0.1) is 32.8 Å². The van der Waals surface area contributed by atoms with Crippen LogP contribution in [-0.4, -0.2) is 49.7 Å². The van der Waals surface area contributed by atoms with E-state index in [0.717, 1.165) is 16.7 Å². The number of hydrogen-bond acceptors (Lipinski definition) is 7. The second-order valence-corrected chi connectivity index (χ2v) is 7.00. The van der Waals surface area contributed by atoms with E-state index in [1.165, 1.54) is 21.3 Å². The molecule has 150 valence electrons. The summed E-state index contributed by atoms with van der Waals surface area (Å²) in [6.45, 7) is -0.310. The maximum Gasteiger partial charge on any atom is 0.293 e. The summed E-state index contributed by atoms with van der Waals surface area (Å²) in [5.41, 5.74) is 0.988. The van der Waals surface area contributed by atoms with Gasteiger partial charge in [0, 0.05) is 17.2 Å². The van der Waals surface area contributed by atoms with Crippen LogP contribution in [0.15, 0.2) is 47.4 Å². The third-order valence-electron chi connectivity index (χ3n) is 4.29. The fraction of sp³-hybridized carbons (Fsp3) is 0.190. The minimum Gasteiger partial charge on any atom is -0.496 e. The second-order valence-electron chi connectivity index (χ2n) is 6.01. The van der Waals surface area contributed by atoms with Crippen molar-refractivity contribution in [3.05, 3.63) is 58.5 Å². The lowest BCUT2D eigenvalue weighted by molar-refractivity contribution is -0.122. The standard InChI is InChI=1S/C21H19NO6S/c1-26-16-11-18(28-3)17(27-2)9-14(16)10-19-20(24)22(21(25)29-19)12-15(23)13-7-5-4-6-8-13/h4-11H,12H2,1-3H3/b19-10+. The first kappa shape index (κ1) is 20.5. The number of ether oxygens (including phenoxy) is 3. The number of imide groups is 1. The highest BCUT2D eigenvalue weighted by atomic mass is 32.2. The van der Waals surface area contributed by atoms with Crippen LogP contribution in [0.1, 0.15) is 15.9 Å². The van der Waals surface area contributed by atoms with Crippen molar-refractivity contribution in [2.75, 3.05) is 27.9 Å². The molecule has 0 aromatic heterocycles. The van der Waals surface area contributed by atoms with Crippen LogP contribution >= 0.6 is 11.8 Å². The number of methoxy groups -OCH3 is 3. The van der Waals surface area contributed by atoms with E-state index in [0.29, 0.717) is 28.4 Å². The van der Waals surface area contributed by atoms with E-state index in [9.17, 15) is 14.4 Å². The number of nitrogens with zero attached hydrogens (tertiary/aromatic N) is 1. The van der Waals surface area contributed by atoms with Crippen LogP contribution in [0.3, 0.4) is 0 Å². The maximum absolute atomic E-state index is 12.7. The van der Waals surface area contributed by atoms with Crippen LogP contribution in [0.5, 0.6) is 17.2 Å². The van der Waals surface area contributed by atoms with Gasteiger partial charge in [0.15, 0.2) is 17.3 Å². The van der Waals surface area contributed by atoms with E-state index in [1.54, 1.807) is 48.5 Å². The zero-order valence-electron chi connectivity index (χ0n) is 16.1. The summed E-state index contributed by atoms with van der Waals surface area (Å²) in [5, 5.41) is -0.495. The van der Waals surface area contributed by atoms with Gasteiger partial charge in [-0.1, -0.05) is 30.3 Å². The molecule has 1 aliphatic rings. The van der Waals surface area contributed by atoms with Gasteiger partial charge >= 0.3 is 0 Å². The van der Waals surface area contributed by atoms with Crippen LogP contribution in [0, 0.1) is 0 Å². The Morgan fingerprint density at radius 2 is 1.59 bits per heavy atom. The van der Waals surface area contributed by atoms with E-state index < -0.39 is 11.1 Å². The zero-order chi connectivity index (χ0) is 21.0. The Bertz CT molecular complexity index is 986. The molecule has 8 heteroatoms. The average Bonchev–Trinajstić information content (AvgIpc) is 3.01. The lowest BCUT2D eigenvalue weighted by atomic mass is 10.1. The molecule has 0 unspecified atom stereocenters. The fourth-order valence-corrected chi connectivity index (χ4v) is 3.63. The number of benzene rings is 2. The van der Waals surface area contributed by atoms with Crippen molar-refractivity contribution < 1.29 is 28.6 Å². The van der Waals surface area contributed by atoms with E-state index >= 15 is 0 Å². The van der Waals surface area contributed by atoms with E-state index in [-0.39, 0.29) is 17.2 Å². The molecule has 2 amide bonds. The molecule has 1 saturated heterocycles. The normalized spacial score (nSPS) is 15.0. The number of hydrogen-bond donors (Lipinski definition) is 0. The Hall–Kier alpha value is -3.26. The summed E-state index contributed by atoms with van der Waals surface area (Å²) < 4.78 is 15.9. The highest BCUT2D eigenvalue weighted by molar-refractivity contribution is 8.18. The van der Waals surface area contributed by atoms with Gasteiger partial charge in [-0.05, 0) is 23.9 Å². The quantitative estimate of drug-likeness (QED) is 0.506. The summed E-state index contributed by atoms with van der Waals surface area (Å²) in [7, 11) is 4.49. The average molecular weight is 413 g/mol. The van der Waals surface area contributed by atoms with Gasteiger partial charge in [0.25, 0.3) is 11.1 Å². The Balaban J connectivity index is 1.87. The number of amides is 2. The molecule has 0 aliphatic carbocycles. The molecule has 0 atom stereocenters. The number of ketones is 1. The lowest BCUT2D eigenvalue weighted by Crippen LogP contribution is -2.33. The zero-order valence-corrected chi connectivity index (χ0v) is 16.9. The third-order valence-corrected chi connectivity index (χ3v) is 5.20. The summed E-state index contributed by atoms with van der Waals surface area (Å²) in [4.78, 5) is 38.6. The fourth-order valence-electron chi connectivity index (χ4n) is 2.80. The van der Waals surface area contributed by atoms with Gasteiger partial charge in [0.2, 0.25) is 0 Å². The van der Waals surface area contributed by atoms with Gasteiger partial charge in [0.1, 0.15) is 5.75 Å². The van der Waals surface area contributed by atoms with Crippen LogP contribution in [-0.2, 0) is 4.79 Å². The summed E-state index contributed by atoms with van der Waals surface area (Å²) in [6.07, 6.45) is 1.54. The van der Waals surface area contributed by atoms with Crippen LogP contribution in [0.2, 0.25) is 0 Å². The Labute approximate surface area is 172 Å². The van der Waals surface area contributed by atoms with Crippen LogP contribution in [0.4, 0.5) is 4.79 Å². The molecule has 3 rings (SSSR count). The van der Waals surface area contributed by atoms with Gasteiger partial charge in [-0.2, -0.15) is 0 Å². The largest absolute Gasteiger partial charge is 0.496 e.